The van der Waals surface area contributed by atoms with E-state index in [1.807, 2.05) is 0 Å². The fourth-order valence-electron chi connectivity index (χ4n) is 2.18. The highest BCUT2D eigenvalue weighted by Gasteiger charge is 2.07. The van der Waals surface area contributed by atoms with E-state index in [-0.39, 0.29) is 3.74 Å². The monoisotopic (exact) mass is 348 g/mol. The number of alkyl halides is 2. The van der Waals surface area contributed by atoms with Gasteiger partial charge >= 0.3 is 0 Å². The Morgan fingerprint density at radius 1 is 0.706 bits per heavy atom. The van der Waals surface area contributed by atoms with Gasteiger partial charge in [0.1, 0.15) is 0 Å². The standard InChI is InChI=1S/C15H10Br2/c16-15(17)13-7-3-6-12-8-10-4-1-2-5-11(10)9-14(12)13/h1-9,15H. The van der Waals surface area contributed by atoms with Crippen molar-refractivity contribution in [3.05, 3.63) is 60.2 Å². The van der Waals surface area contributed by atoms with Gasteiger partial charge in [0.15, 0.2) is 0 Å². The molecule has 0 radical (unpaired) electrons. The summed E-state index contributed by atoms with van der Waals surface area (Å²) >= 11 is 7.17. The average Bonchev–Trinajstić information content (AvgIpc) is 2.35. The third-order valence-electron chi connectivity index (χ3n) is 3.02. The third kappa shape index (κ3) is 2.00. The Kier molecular flexibility index (Phi) is 2.93. The highest BCUT2D eigenvalue weighted by Crippen LogP contribution is 2.35. The van der Waals surface area contributed by atoms with E-state index in [1.165, 1.54) is 27.1 Å². The highest BCUT2D eigenvalue weighted by molar-refractivity contribution is 9.24. The molecule has 3 aromatic rings. The smallest absolute Gasteiger partial charge is 0.0712 e. The Morgan fingerprint density at radius 3 is 2.06 bits per heavy atom. The molecule has 0 fully saturated rings. The summed E-state index contributed by atoms with van der Waals surface area (Å²) in [6.45, 7) is 0. The molecule has 84 valence electrons. The molecule has 0 N–H and O–H groups in total. The maximum Gasteiger partial charge on any atom is 0.0952 e. The van der Waals surface area contributed by atoms with E-state index in [1.54, 1.807) is 0 Å². The van der Waals surface area contributed by atoms with Crippen LogP contribution in [0.5, 0.6) is 0 Å². The zero-order valence-corrected chi connectivity index (χ0v) is 12.2. The summed E-state index contributed by atoms with van der Waals surface area (Å²) in [6.07, 6.45) is 0. The molecule has 2 heteroatoms. The molecule has 0 aliphatic rings. The zero-order chi connectivity index (χ0) is 11.8. The first-order valence-electron chi connectivity index (χ1n) is 5.45. The minimum atomic E-state index is 0.194. The molecule has 0 unspecified atom stereocenters. The van der Waals surface area contributed by atoms with Crippen molar-refractivity contribution in [2.45, 2.75) is 3.74 Å². The molecule has 0 aromatic heterocycles. The van der Waals surface area contributed by atoms with E-state index < -0.39 is 0 Å². The van der Waals surface area contributed by atoms with Crippen LogP contribution in [0.4, 0.5) is 0 Å². The number of hydrogen-bond acceptors (Lipinski definition) is 0. The Balaban J connectivity index is 2.43. The van der Waals surface area contributed by atoms with Crippen LogP contribution < -0.4 is 0 Å². The van der Waals surface area contributed by atoms with Crippen LogP contribution in [0.3, 0.4) is 0 Å². The van der Waals surface area contributed by atoms with Crippen LogP contribution in [0.25, 0.3) is 21.5 Å². The summed E-state index contributed by atoms with van der Waals surface area (Å²) in [4.78, 5) is 0. The topological polar surface area (TPSA) is 0 Å². The quantitative estimate of drug-likeness (QED) is 0.385. The van der Waals surface area contributed by atoms with Gasteiger partial charge in [-0.15, -0.1) is 0 Å². The minimum Gasteiger partial charge on any atom is -0.0712 e. The van der Waals surface area contributed by atoms with Gasteiger partial charge in [-0.1, -0.05) is 74.3 Å². The SMILES string of the molecule is BrC(Br)c1cccc2cc3ccccc3cc12. The number of hydrogen-bond donors (Lipinski definition) is 0. The molecule has 0 saturated carbocycles. The van der Waals surface area contributed by atoms with Crippen molar-refractivity contribution >= 4 is 53.4 Å². The van der Waals surface area contributed by atoms with Gasteiger partial charge in [-0.3, -0.25) is 0 Å². The first-order valence-corrected chi connectivity index (χ1v) is 7.28. The second-order valence-electron chi connectivity index (χ2n) is 4.07. The molecule has 0 atom stereocenters. The van der Waals surface area contributed by atoms with Crippen LogP contribution in [0.2, 0.25) is 0 Å². The summed E-state index contributed by atoms with van der Waals surface area (Å²) in [5, 5.41) is 5.15. The minimum absolute atomic E-state index is 0.194. The molecule has 0 amide bonds. The molecular weight excluding hydrogens is 340 g/mol. The largest absolute Gasteiger partial charge is 0.0952 e. The molecule has 3 rings (SSSR count). The second kappa shape index (κ2) is 4.43. The summed E-state index contributed by atoms with van der Waals surface area (Å²) in [5.74, 6) is 0. The van der Waals surface area contributed by atoms with Crippen LogP contribution in [0.1, 0.15) is 9.30 Å². The molecule has 3 aromatic carbocycles. The van der Waals surface area contributed by atoms with Gasteiger partial charge in [-0.05, 0) is 39.2 Å². The van der Waals surface area contributed by atoms with Gasteiger partial charge in [-0.25, -0.2) is 0 Å². The predicted octanol–water partition coefficient (Wildman–Crippen LogP) is 5.78. The molecule has 0 aliphatic carbocycles. The lowest BCUT2D eigenvalue weighted by Crippen LogP contribution is -1.84. The lowest BCUT2D eigenvalue weighted by Gasteiger charge is -2.09. The fourth-order valence-corrected chi connectivity index (χ4v) is 2.98. The molecule has 0 bridgehead atoms. The van der Waals surface area contributed by atoms with Crippen molar-refractivity contribution in [1.82, 2.24) is 0 Å². The van der Waals surface area contributed by atoms with Crippen LogP contribution in [0, 0.1) is 0 Å². The van der Waals surface area contributed by atoms with E-state index in [0.717, 1.165) is 0 Å². The van der Waals surface area contributed by atoms with Gasteiger partial charge in [-0.2, -0.15) is 0 Å². The molecule has 0 saturated heterocycles. The molecule has 0 nitrogen and oxygen atoms in total. The van der Waals surface area contributed by atoms with Gasteiger partial charge in [0, 0.05) is 0 Å². The number of rotatable bonds is 1. The first-order chi connectivity index (χ1) is 8.25. The van der Waals surface area contributed by atoms with Crippen LogP contribution in [-0.2, 0) is 0 Å². The molecular formula is C15H10Br2. The lowest BCUT2D eigenvalue weighted by molar-refractivity contribution is 1.48. The summed E-state index contributed by atoms with van der Waals surface area (Å²) in [7, 11) is 0. The molecule has 0 aliphatic heterocycles. The summed E-state index contributed by atoms with van der Waals surface area (Å²) in [6, 6.07) is 19.4. The predicted molar refractivity (Wildman–Crippen MR) is 82.0 cm³/mol. The number of halogens is 2. The van der Waals surface area contributed by atoms with Crippen molar-refractivity contribution in [2.75, 3.05) is 0 Å². The van der Waals surface area contributed by atoms with Crippen LogP contribution >= 0.6 is 31.9 Å². The van der Waals surface area contributed by atoms with Gasteiger partial charge < -0.3 is 0 Å². The maximum atomic E-state index is 3.58. The Bertz CT molecular complexity index is 687. The van der Waals surface area contributed by atoms with E-state index in [0.29, 0.717) is 0 Å². The van der Waals surface area contributed by atoms with Crippen LogP contribution in [-0.4, -0.2) is 0 Å². The van der Waals surface area contributed by atoms with Gasteiger partial charge in [0.05, 0.1) is 3.74 Å². The lowest BCUT2D eigenvalue weighted by atomic mass is 10.0. The zero-order valence-electron chi connectivity index (χ0n) is 9.03. The summed E-state index contributed by atoms with van der Waals surface area (Å²) in [5.41, 5.74) is 1.27. The van der Waals surface area contributed by atoms with E-state index in [2.05, 4.69) is 86.5 Å². The van der Waals surface area contributed by atoms with E-state index in [4.69, 9.17) is 0 Å². The van der Waals surface area contributed by atoms with E-state index >= 15 is 0 Å². The fraction of sp³-hybridized carbons (Fsp3) is 0.0667. The van der Waals surface area contributed by atoms with Gasteiger partial charge in [0.25, 0.3) is 0 Å². The van der Waals surface area contributed by atoms with Crippen molar-refractivity contribution in [3.8, 4) is 0 Å². The van der Waals surface area contributed by atoms with Crippen molar-refractivity contribution in [1.29, 1.82) is 0 Å². The third-order valence-corrected chi connectivity index (χ3v) is 4.00. The number of fused-ring (bicyclic) bond motifs is 2. The molecule has 17 heavy (non-hydrogen) atoms. The first kappa shape index (κ1) is 11.2. The van der Waals surface area contributed by atoms with Gasteiger partial charge in [0.2, 0.25) is 0 Å². The Morgan fingerprint density at radius 2 is 1.35 bits per heavy atom. The Labute approximate surface area is 117 Å². The van der Waals surface area contributed by atoms with Crippen molar-refractivity contribution < 1.29 is 0 Å². The maximum absolute atomic E-state index is 3.58. The van der Waals surface area contributed by atoms with E-state index in [9.17, 15) is 0 Å². The highest BCUT2D eigenvalue weighted by atomic mass is 79.9. The Hall–Kier alpha value is -0.860. The average molecular weight is 350 g/mol. The summed E-state index contributed by atoms with van der Waals surface area (Å²) < 4.78 is 0.194. The molecule has 0 spiro atoms. The second-order valence-corrected chi connectivity index (χ2v) is 7.13. The van der Waals surface area contributed by atoms with Crippen LogP contribution in [0.15, 0.2) is 54.6 Å². The number of benzene rings is 3. The molecule has 0 heterocycles. The van der Waals surface area contributed by atoms with Crippen molar-refractivity contribution in [2.24, 2.45) is 0 Å². The normalized spacial score (nSPS) is 11.5. The van der Waals surface area contributed by atoms with Crippen molar-refractivity contribution in [3.63, 3.8) is 0 Å².